The number of carbonyl (C=O) groups excluding carboxylic acids is 1. The van der Waals surface area contributed by atoms with Gasteiger partial charge in [0.1, 0.15) is 5.82 Å². The predicted octanol–water partition coefficient (Wildman–Crippen LogP) is 1.70. The van der Waals surface area contributed by atoms with Crippen LogP contribution in [0.5, 0.6) is 0 Å². The zero-order chi connectivity index (χ0) is 16.8. The number of anilines is 2. The van der Waals surface area contributed by atoms with Gasteiger partial charge < -0.3 is 15.5 Å². The van der Waals surface area contributed by atoms with Crippen LogP contribution in [0.2, 0.25) is 0 Å². The summed E-state index contributed by atoms with van der Waals surface area (Å²) < 4.78 is 0. The summed E-state index contributed by atoms with van der Waals surface area (Å²) in [6, 6.07) is 5.75. The summed E-state index contributed by atoms with van der Waals surface area (Å²) in [5.74, 6) is 1.45. The first-order valence-corrected chi connectivity index (χ1v) is 8.29. The van der Waals surface area contributed by atoms with E-state index in [9.17, 15) is 4.79 Å². The van der Waals surface area contributed by atoms with Gasteiger partial charge in [-0.15, -0.1) is 0 Å². The van der Waals surface area contributed by atoms with Gasteiger partial charge >= 0.3 is 0 Å². The number of nitrogens with zero attached hydrogens (tertiary/aromatic N) is 4. The van der Waals surface area contributed by atoms with Crippen molar-refractivity contribution in [2.45, 2.75) is 25.8 Å². The van der Waals surface area contributed by atoms with Gasteiger partial charge in [-0.2, -0.15) is 0 Å². The van der Waals surface area contributed by atoms with E-state index in [1.807, 2.05) is 19.1 Å². The highest BCUT2D eigenvalue weighted by Crippen LogP contribution is 2.18. The van der Waals surface area contributed by atoms with Crippen molar-refractivity contribution in [2.24, 2.45) is 0 Å². The molecule has 0 bridgehead atoms. The molecule has 7 nitrogen and oxygen atoms in total. The fraction of sp³-hybridized carbons (Fsp3) is 0.412. The lowest BCUT2D eigenvalue weighted by Gasteiger charge is -2.33. The average Bonchev–Trinajstić information content (AvgIpc) is 2.63. The van der Waals surface area contributed by atoms with E-state index < -0.39 is 0 Å². The minimum absolute atomic E-state index is 0.0957. The summed E-state index contributed by atoms with van der Waals surface area (Å²) >= 11 is 0. The Balaban J connectivity index is 1.60. The molecule has 0 unspecified atom stereocenters. The summed E-state index contributed by atoms with van der Waals surface area (Å²) in [6.07, 6.45) is 7.28. The molecule has 0 spiro atoms. The van der Waals surface area contributed by atoms with Gasteiger partial charge in [-0.3, -0.25) is 4.79 Å². The van der Waals surface area contributed by atoms with E-state index in [0.29, 0.717) is 12.1 Å². The van der Waals surface area contributed by atoms with E-state index in [1.54, 1.807) is 24.7 Å². The van der Waals surface area contributed by atoms with Crippen LogP contribution in [0.25, 0.3) is 0 Å². The summed E-state index contributed by atoms with van der Waals surface area (Å²) in [5.41, 5.74) is 0.574. The molecule has 1 fully saturated rings. The molecule has 1 saturated heterocycles. The first-order chi connectivity index (χ1) is 11.8. The van der Waals surface area contributed by atoms with E-state index in [-0.39, 0.29) is 11.9 Å². The summed E-state index contributed by atoms with van der Waals surface area (Å²) in [4.78, 5) is 26.9. The van der Waals surface area contributed by atoms with Gasteiger partial charge in [0, 0.05) is 44.3 Å². The van der Waals surface area contributed by atoms with Crippen molar-refractivity contribution >= 4 is 17.7 Å². The molecule has 7 heteroatoms. The molecule has 0 radical (unpaired) electrons. The second kappa shape index (κ2) is 7.72. The fourth-order valence-electron chi connectivity index (χ4n) is 2.82. The second-order valence-corrected chi connectivity index (χ2v) is 5.77. The number of hydrogen-bond donors (Lipinski definition) is 2. The molecule has 0 saturated carbocycles. The van der Waals surface area contributed by atoms with Crippen molar-refractivity contribution in [1.82, 2.24) is 20.3 Å². The topological polar surface area (TPSA) is 83.0 Å². The standard InChI is InChI=1S/C17H22N6O/c1-2-18-16(24)13-6-7-15(21-11-13)22-14-5-3-10-23(12-14)17-19-8-4-9-20-17/h4,6-9,11,14H,2-3,5,10,12H2,1H3,(H,18,24)(H,21,22)/t14-/m0/s1. The Labute approximate surface area is 141 Å². The minimum Gasteiger partial charge on any atom is -0.366 e. The predicted molar refractivity (Wildman–Crippen MR) is 93.1 cm³/mol. The Morgan fingerprint density at radius 2 is 2.12 bits per heavy atom. The van der Waals surface area contributed by atoms with Crippen LogP contribution in [-0.4, -0.2) is 46.5 Å². The van der Waals surface area contributed by atoms with Crippen LogP contribution in [-0.2, 0) is 0 Å². The average molecular weight is 326 g/mol. The van der Waals surface area contributed by atoms with Crippen LogP contribution in [0.1, 0.15) is 30.1 Å². The Morgan fingerprint density at radius 3 is 2.83 bits per heavy atom. The first-order valence-electron chi connectivity index (χ1n) is 8.29. The Hall–Kier alpha value is -2.70. The van der Waals surface area contributed by atoms with Gasteiger partial charge in [-0.05, 0) is 38.0 Å². The van der Waals surface area contributed by atoms with Gasteiger partial charge in [-0.1, -0.05) is 0 Å². The third-order valence-corrected chi connectivity index (χ3v) is 3.97. The lowest BCUT2D eigenvalue weighted by atomic mass is 10.1. The van der Waals surface area contributed by atoms with Crippen molar-refractivity contribution in [3.8, 4) is 0 Å². The third-order valence-electron chi connectivity index (χ3n) is 3.97. The Kier molecular flexibility index (Phi) is 5.20. The summed E-state index contributed by atoms with van der Waals surface area (Å²) in [5, 5.41) is 6.21. The Bertz CT molecular complexity index is 661. The van der Waals surface area contributed by atoms with Crippen molar-refractivity contribution in [3.63, 3.8) is 0 Å². The van der Waals surface area contributed by atoms with Crippen LogP contribution in [0.3, 0.4) is 0 Å². The highest BCUT2D eigenvalue weighted by Gasteiger charge is 2.21. The molecule has 1 aliphatic rings. The van der Waals surface area contributed by atoms with Gasteiger partial charge in [0.25, 0.3) is 5.91 Å². The van der Waals surface area contributed by atoms with E-state index in [1.165, 1.54) is 0 Å². The molecule has 1 atom stereocenters. The molecule has 126 valence electrons. The summed E-state index contributed by atoms with van der Waals surface area (Å²) in [6.45, 7) is 4.31. The second-order valence-electron chi connectivity index (χ2n) is 5.77. The van der Waals surface area contributed by atoms with Crippen LogP contribution in [0, 0.1) is 0 Å². The van der Waals surface area contributed by atoms with Crippen LogP contribution < -0.4 is 15.5 Å². The van der Waals surface area contributed by atoms with Crippen molar-refractivity contribution in [1.29, 1.82) is 0 Å². The quantitative estimate of drug-likeness (QED) is 0.870. The third kappa shape index (κ3) is 3.98. The van der Waals surface area contributed by atoms with E-state index >= 15 is 0 Å². The van der Waals surface area contributed by atoms with Gasteiger partial charge in [0.05, 0.1) is 5.56 Å². The van der Waals surface area contributed by atoms with Gasteiger partial charge in [-0.25, -0.2) is 15.0 Å². The monoisotopic (exact) mass is 326 g/mol. The molecule has 1 amide bonds. The lowest BCUT2D eigenvalue weighted by Crippen LogP contribution is -2.43. The van der Waals surface area contributed by atoms with Crippen LogP contribution >= 0.6 is 0 Å². The van der Waals surface area contributed by atoms with Crippen LogP contribution in [0.15, 0.2) is 36.8 Å². The van der Waals surface area contributed by atoms with E-state index in [2.05, 4.69) is 30.5 Å². The molecule has 3 heterocycles. The highest BCUT2D eigenvalue weighted by atomic mass is 16.1. The number of rotatable bonds is 5. The first kappa shape index (κ1) is 16.2. The smallest absolute Gasteiger partial charge is 0.252 e. The minimum atomic E-state index is -0.0957. The normalized spacial score (nSPS) is 17.4. The summed E-state index contributed by atoms with van der Waals surface area (Å²) in [7, 11) is 0. The number of hydrogen-bond acceptors (Lipinski definition) is 6. The number of piperidine rings is 1. The molecule has 2 aromatic rings. The molecule has 0 aromatic carbocycles. The zero-order valence-electron chi connectivity index (χ0n) is 13.8. The SMILES string of the molecule is CCNC(=O)c1ccc(N[C@H]2CCCN(c3ncccn3)C2)nc1. The molecular formula is C17H22N6O. The molecule has 2 aromatic heterocycles. The van der Waals surface area contributed by atoms with Crippen LogP contribution in [0.4, 0.5) is 11.8 Å². The Morgan fingerprint density at radius 1 is 1.29 bits per heavy atom. The largest absolute Gasteiger partial charge is 0.366 e. The maximum Gasteiger partial charge on any atom is 0.252 e. The molecule has 3 rings (SSSR count). The van der Waals surface area contributed by atoms with Crippen molar-refractivity contribution in [3.05, 3.63) is 42.4 Å². The molecule has 0 aliphatic carbocycles. The van der Waals surface area contributed by atoms with E-state index in [4.69, 9.17) is 0 Å². The molecule has 24 heavy (non-hydrogen) atoms. The molecule has 2 N–H and O–H groups in total. The van der Waals surface area contributed by atoms with Gasteiger partial charge in [0.15, 0.2) is 0 Å². The molecule has 1 aliphatic heterocycles. The maximum absolute atomic E-state index is 11.8. The number of nitrogens with one attached hydrogen (secondary N) is 2. The zero-order valence-corrected chi connectivity index (χ0v) is 13.8. The van der Waals surface area contributed by atoms with E-state index in [0.717, 1.165) is 37.7 Å². The number of amides is 1. The highest BCUT2D eigenvalue weighted by molar-refractivity contribution is 5.93. The maximum atomic E-state index is 11.8. The van der Waals surface area contributed by atoms with Crippen molar-refractivity contribution in [2.75, 3.05) is 29.9 Å². The van der Waals surface area contributed by atoms with Gasteiger partial charge in [0.2, 0.25) is 5.95 Å². The fourth-order valence-corrected chi connectivity index (χ4v) is 2.82. The lowest BCUT2D eigenvalue weighted by molar-refractivity contribution is 0.0955. The number of pyridine rings is 1. The van der Waals surface area contributed by atoms with Crippen molar-refractivity contribution < 1.29 is 4.79 Å². The number of aromatic nitrogens is 3. The molecular weight excluding hydrogens is 304 g/mol. The number of carbonyl (C=O) groups is 1.